The van der Waals surface area contributed by atoms with Crippen LogP contribution in [-0.4, -0.2) is 56.1 Å². The average molecular weight is 393 g/mol. The highest BCUT2D eigenvalue weighted by molar-refractivity contribution is 5.95. The summed E-state index contributed by atoms with van der Waals surface area (Å²) in [4.78, 5) is 28.6. The molecule has 7 nitrogen and oxygen atoms in total. The molecular weight excluding hydrogens is 370 g/mol. The number of benzene rings is 2. The molecule has 0 spiro atoms. The second-order valence-electron chi connectivity index (χ2n) is 7.53. The van der Waals surface area contributed by atoms with Gasteiger partial charge in [0.2, 0.25) is 5.91 Å². The van der Waals surface area contributed by atoms with Gasteiger partial charge in [-0.3, -0.25) is 9.59 Å². The van der Waals surface area contributed by atoms with Gasteiger partial charge in [0, 0.05) is 49.5 Å². The van der Waals surface area contributed by atoms with Gasteiger partial charge in [-0.25, -0.2) is 0 Å². The van der Waals surface area contributed by atoms with E-state index in [0.29, 0.717) is 49.8 Å². The first-order valence-corrected chi connectivity index (χ1v) is 10.0. The fourth-order valence-corrected chi connectivity index (χ4v) is 4.09. The number of carbonyl (C=O) groups excluding carboxylic acids is 2. The topological polar surface area (TPSA) is 71.1 Å². The van der Waals surface area contributed by atoms with Crippen molar-refractivity contribution in [1.29, 1.82) is 0 Å². The predicted octanol–water partition coefficient (Wildman–Crippen LogP) is 2.30. The zero-order valence-electron chi connectivity index (χ0n) is 16.1. The van der Waals surface area contributed by atoms with E-state index in [1.54, 1.807) is 12.1 Å². The van der Waals surface area contributed by atoms with E-state index in [2.05, 4.69) is 16.3 Å². The molecule has 0 unspecified atom stereocenters. The van der Waals surface area contributed by atoms with Crippen LogP contribution in [0.1, 0.15) is 22.3 Å². The van der Waals surface area contributed by atoms with Crippen LogP contribution in [0.4, 0.5) is 11.4 Å². The Labute approximate surface area is 169 Å². The molecule has 0 atom stereocenters. The second-order valence-corrected chi connectivity index (χ2v) is 7.53. The molecule has 5 rings (SSSR count). The summed E-state index contributed by atoms with van der Waals surface area (Å²) in [5.41, 5.74) is 3.87. The number of ether oxygens (including phenoxy) is 2. The van der Waals surface area contributed by atoms with Crippen molar-refractivity contribution < 1.29 is 19.1 Å². The maximum absolute atomic E-state index is 12.9. The van der Waals surface area contributed by atoms with Crippen LogP contribution in [0.2, 0.25) is 0 Å². The first kappa shape index (κ1) is 17.8. The Kier molecular flexibility index (Phi) is 4.50. The Morgan fingerprint density at radius 2 is 1.69 bits per heavy atom. The lowest BCUT2D eigenvalue weighted by molar-refractivity contribution is -0.116. The van der Waals surface area contributed by atoms with Gasteiger partial charge < -0.3 is 24.6 Å². The highest BCUT2D eigenvalue weighted by Crippen LogP contribution is 2.32. The highest BCUT2D eigenvalue weighted by Gasteiger charge is 2.25. The number of hydrogen-bond donors (Lipinski definition) is 1. The van der Waals surface area contributed by atoms with E-state index in [4.69, 9.17) is 9.47 Å². The van der Waals surface area contributed by atoms with Crippen LogP contribution < -0.4 is 19.7 Å². The SMILES string of the molecule is O=C1CCc2cc(N3CCN(C(=O)c4ccc5c(c4)OCCO5)CC3)ccc2N1. The number of anilines is 2. The van der Waals surface area contributed by atoms with Crippen LogP contribution in [0.5, 0.6) is 11.5 Å². The minimum absolute atomic E-state index is 0.0229. The molecule has 1 saturated heterocycles. The Bertz CT molecular complexity index is 967. The monoisotopic (exact) mass is 393 g/mol. The molecule has 3 heterocycles. The van der Waals surface area contributed by atoms with Crippen molar-refractivity contribution in [2.24, 2.45) is 0 Å². The van der Waals surface area contributed by atoms with Crippen LogP contribution in [0, 0.1) is 0 Å². The fourth-order valence-electron chi connectivity index (χ4n) is 4.09. The lowest BCUT2D eigenvalue weighted by atomic mass is 10.0. The molecule has 3 aliphatic rings. The van der Waals surface area contributed by atoms with E-state index in [9.17, 15) is 9.59 Å². The Morgan fingerprint density at radius 3 is 2.52 bits per heavy atom. The van der Waals surface area contributed by atoms with Crippen molar-refractivity contribution in [2.75, 3.05) is 49.6 Å². The quantitative estimate of drug-likeness (QED) is 0.848. The second kappa shape index (κ2) is 7.31. The summed E-state index contributed by atoms with van der Waals surface area (Å²) < 4.78 is 11.1. The molecule has 0 aliphatic carbocycles. The number of piperazine rings is 1. The third kappa shape index (κ3) is 3.48. The van der Waals surface area contributed by atoms with E-state index >= 15 is 0 Å². The Balaban J connectivity index is 1.25. The number of fused-ring (bicyclic) bond motifs is 2. The number of hydrogen-bond acceptors (Lipinski definition) is 5. The first-order chi connectivity index (χ1) is 14.2. The first-order valence-electron chi connectivity index (χ1n) is 10.0. The summed E-state index contributed by atoms with van der Waals surface area (Å²) >= 11 is 0. The maximum Gasteiger partial charge on any atom is 0.254 e. The predicted molar refractivity (Wildman–Crippen MR) is 109 cm³/mol. The highest BCUT2D eigenvalue weighted by atomic mass is 16.6. The van der Waals surface area contributed by atoms with Crippen molar-refractivity contribution >= 4 is 23.2 Å². The van der Waals surface area contributed by atoms with Gasteiger partial charge in [0.05, 0.1) is 0 Å². The normalized spacial score (nSPS) is 18.1. The number of amides is 2. The van der Waals surface area contributed by atoms with Crippen molar-refractivity contribution in [3.8, 4) is 11.5 Å². The molecule has 0 saturated carbocycles. The van der Waals surface area contributed by atoms with Gasteiger partial charge in [0.25, 0.3) is 5.91 Å². The molecule has 2 aromatic rings. The molecule has 7 heteroatoms. The van der Waals surface area contributed by atoms with Crippen molar-refractivity contribution in [1.82, 2.24) is 4.90 Å². The van der Waals surface area contributed by atoms with Gasteiger partial charge in [-0.1, -0.05) is 0 Å². The molecule has 0 radical (unpaired) electrons. The largest absolute Gasteiger partial charge is 0.486 e. The van der Waals surface area contributed by atoms with Gasteiger partial charge in [0.15, 0.2) is 11.5 Å². The fraction of sp³-hybridized carbons (Fsp3) is 0.364. The molecule has 1 fully saturated rings. The molecule has 150 valence electrons. The summed E-state index contributed by atoms with van der Waals surface area (Å²) in [6.07, 6.45) is 1.31. The third-order valence-corrected chi connectivity index (χ3v) is 5.71. The zero-order chi connectivity index (χ0) is 19.8. The minimum atomic E-state index is 0.0229. The smallest absolute Gasteiger partial charge is 0.254 e. The van der Waals surface area contributed by atoms with Gasteiger partial charge in [-0.2, -0.15) is 0 Å². The van der Waals surface area contributed by atoms with Crippen LogP contribution in [0.15, 0.2) is 36.4 Å². The van der Waals surface area contributed by atoms with Crippen LogP contribution in [-0.2, 0) is 11.2 Å². The number of aryl methyl sites for hydroxylation is 1. The maximum atomic E-state index is 12.9. The molecule has 0 bridgehead atoms. The van der Waals surface area contributed by atoms with Crippen LogP contribution in [0.3, 0.4) is 0 Å². The summed E-state index contributed by atoms with van der Waals surface area (Å²) in [5, 5.41) is 2.92. The van der Waals surface area contributed by atoms with Crippen LogP contribution in [0.25, 0.3) is 0 Å². The zero-order valence-corrected chi connectivity index (χ0v) is 16.1. The average Bonchev–Trinajstić information content (AvgIpc) is 2.78. The summed E-state index contributed by atoms with van der Waals surface area (Å²) in [5.74, 6) is 1.44. The van der Waals surface area contributed by atoms with E-state index in [1.807, 2.05) is 23.1 Å². The summed E-state index contributed by atoms with van der Waals surface area (Å²) in [6, 6.07) is 11.6. The Hall–Kier alpha value is -3.22. The minimum Gasteiger partial charge on any atom is -0.486 e. The van der Waals surface area contributed by atoms with E-state index in [0.717, 1.165) is 30.9 Å². The molecular formula is C22H23N3O4. The third-order valence-electron chi connectivity index (χ3n) is 5.71. The number of nitrogens with zero attached hydrogens (tertiary/aromatic N) is 2. The van der Waals surface area contributed by atoms with E-state index < -0.39 is 0 Å². The molecule has 0 aromatic heterocycles. The van der Waals surface area contributed by atoms with Gasteiger partial charge in [-0.05, 0) is 48.4 Å². The van der Waals surface area contributed by atoms with E-state index in [1.165, 1.54) is 5.56 Å². The lowest BCUT2D eigenvalue weighted by Gasteiger charge is -2.36. The Morgan fingerprint density at radius 1 is 0.897 bits per heavy atom. The number of rotatable bonds is 2. The molecule has 2 aromatic carbocycles. The van der Waals surface area contributed by atoms with Crippen molar-refractivity contribution in [3.05, 3.63) is 47.5 Å². The standard InChI is InChI=1S/C22H23N3O4/c26-21-6-2-15-13-17(3-4-18(15)23-21)24-7-9-25(10-8-24)22(27)16-1-5-19-20(14-16)29-12-11-28-19/h1,3-5,13-14H,2,6-12H2,(H,23,26). The lowest BCUT2D eigenvalue weighted by Crippen LogP contribution is -2.48. The van der Waals surface area contributed by atoms with Gasteiger partial charge >= 0.3 is 0 Å². The van der Waals surface area contributed by atoms with E-state index in [-0.39, 0.29) is 11.8 Å². The summed E-state index contributed by atoms with van der Waals surface area (Å²) in [6.45, 7) is 3.94. The molecule has 29 heavy (non-hydrogen) atoms. The number of nitrogens with one attached hydrogen (secondary N) is 1. The van der Waals surface area contributed by atoms with Gasteiger partial charge in [0.1, 0.15) is 13.2 Å². The van der Waals surface area contributed by atoms with Crippen molar-refractivity contribution in [2.45, 2.75) is 12.8 Å². The van der Waals surface area contributed by atoms with Gasteiger partial charge in [-0.15, -0.1) is 0 Å². The van der Waals surface area contributed by atoms with Crippen molar-refractivity contribution in [3.63, 3.8) is 0 Å². The van der Waals surface area contributed by atoms with Crippen LogP contribution >= 0.6 is 0 Å². The number of carbonyl (C=O) groups is 2. The molecule has 2 amide bonds. The molecule has 3 aliphatic heterocycles. The molecule has 1 N–H and O–H groups in total. The summed E-state index contributed by atoms with van der Waals surface area (Å²) in [7, 11) is 0.